The highest BCUT2D eigenvalue weighted by Gasteiger charge is 2.51. The Bertz CT molecular complexity index is 806. The molecule has 0 saturated carbocycles. The van der Waals surface area contributed by atoms with Crippen molar-refractivity contribution in [3.05, 3.63) is 48.0 Å². The minimum absolute atomic E-state index is 0.0985. The van der Waals surface area contributed by atoms with Crippen LogP contribution in [-0.2, 0) is 23.9 Å². The fourth-order valence-electron chi connectivity index (χ4n) is 4.01. The van der Waals surface area contributed by atoms with E-state index >= 15 is 0 Å². The first kappa shape index (κ1) is 24.1. The Balaban J connectivity index is 0.000000366. The number of nitrogens with zero attached hydrogens (tertiary/aromatic N) is 1. The summed E-state index contributed by atoms with van der Waals surface area (Å²) in [4.78, 5) is 45.9. The van der Waals surface area contributed by atoms with Crippen LogP contribution >= 0.6 is 0 Å². The maximum atomic E-state index is 12.4. The predicted octanol–water partition coefficient (Wildman–Crippen LogP) is -0.700. The van der Waals surface area contributed by atoms with Crippen molar-refractivity contribution < 1.29 is 38.9 Å². The van der Waals surface area contributed by atoms with Gasteiger partial charge in [0.15, 0.2) is 0 Å². The number of benzene rings is 1. The van der Waals surface area contributed by atoms with Crippen molar-refractivity contribution in [2.24, 2.45) is 5.92 Å². The lowest BCUT2D eigenvalue weighted by Gasteiger charge is -2.40. The topological polar surface area (TPSA) is 136 Å². The van der Waals surface area contributed by atoms with Crippen molar-refractivity contribution in [2.75, 3.05) is 13.7 Å². The third-order valence-electron chi connectivity index (χ3n) is 5.40. The minimum Gasteiger partial charge on any atom is -0.545 e. The maximum Gasteiger partial charge on any atom is 0.338 e. The van der Waals surface area contributed by atoms with E-state index in [4.69, 9.17) is 9.47 Å². The molecule has 4 atom stereocenters. The van der Waals surface area contributed by atoms with Crippen molar-refractivity contribution in [2.45, 2.75) is 44.4 Å². The zero-order chi connectivity index (χ0) is 23.0. The molecule has 2 fully saturated rings. The number of hydrogen-bond donors (Lipinski definition) is 0. The monoisotopic (exact) mass is 431 g/mol. The molecule has 2 heterocycles. The van der Waals surface area contributed by atoms with Crippen molar-refractivity contribution in [3.63, 3.8) is 0 Å². The van der Waals surface area contributed by atoms with Gasteiger partial charge in [-0.3, -0.25) is 9.69 Å². The summed E-state index contributed by atoms with van der Waals surface area (Å²) >= 11 is 0. The summed E-state index contributed by atoms with van der Waals surface area (Å²) in [5, 5.41) is 18.8. The predicted molar refractivity (Wildman–Crippen MR) is 104 cm³/mol. The molecule has 3 rings (SSSR count). The Morgan fingerprint density at radius 3 is 2.23 bits per heavy atom. The zero-order valence-electron chi connectivity index (χ0n) is 17.4. The van der Waals surface area contributed by atoms with Crippen molar-refractivity contribution in [1.82, 2.24) is 4.90 Å². The molecule has 168 valence electrons. The molecule has 1 aromatic carbocycles. The third kappa shape index (κ3) is 6.65. The van der Waals surface area contributed by atoms with Gasteiger partial charge in [-0.05, 0) is 51.1 Å². The van der Waals surface area contributed by atoms with Crippen LogP contribution in [-0.4, -0.2) is 60.6 Å². The van der Waals surface area contributed by atoms with E-state index in [1.54, 1.807) is 31.2 Å². The van der Waals surface area contributed by atoms with Crippen LogP contribution in [0.2, 0.25) is 0 Å². The fraction of sp³-hybridized carbons (Fsp3) is 0.455. The molecular formula is C22H25NO8-2. The van der Waals surface area contributed by atoms with E-state index in [-0.39, 0.29) is 18.0 Å². The van der Waals surface area contributed by atoms with Crippen LogP contribution in [0.15, 0.2) is 42.5 Å². The number of aliphatic carboxylic acids is 2. The van der Waals surface area contributed by atoms with Crippen molar-refractivity contribution >= 4 is 23.9 Å². The first-order valence-electron chi connectivity index (χ1n) is 9.99. The maximum absolute atomic E-state index is 12.4. The molecule has 2 bridgehead atoms. The molecule has 2 saturated heterocycles. The molecule has 9 nitrogen and oxygen atoms in total. The molecular weight excluding hydrogens is 406 g/mol. The largest absolute Gasteiger partial charge is 0.545 e. The highest BCUT2D eigenvalue weighted by molar-refractivity contribution is 5.90. The molecule has 0 radical (unpaired) electrons. The summed E-state index contributed by atoms with van der Waals surface area (Å²) in [7, 11) is 2.05. The van der Waals surface area contributed by atoms with Crippen LogP contribution in [0.3, 0.4) is 0 Å². The van der Waals surface area contributed by atoms with E-state index in [0.29, 0.717) is 36.8 Å². The van der Waals surface area contributed by atoms with Gasteiger partial charge in [0.05, 0.1) is 24.1 Å². The minimum atomic E-state index is -1.55. The Morgan fingerprint density at radius 2 is 1.68 bits per heavy atom. The number of rotatable bonds is 6. The molecule has 4 unspecified atom stereocenters. The number of hydrogen-bond acceptors (Lipinski definition) is 9. The van der Waals surface area contributed by atoms with E-state index in [2.05, 4.69) is 4.90 Å². The standard InChI is InChI=1S/C18H23NO4.C4H4O4/c1-3-22-18(21)16-14-10-9-13(19(14)2)11-15(16)23-17(20)12-7-5-4-6-8-12;5-3(6)1-2-4(7)8/h4-8,13-16H,3,9-11H2,1-2H3;1-2H,(H,5,6)(H,7,8)/p-2/b;2-1+. The van der Waals surface area contributed by atoms with Gasteiger partial charge in [-0.2, -0.15) is 0 Å². The van der Waals surface area contributed by atoms with E-state index in [0.717, 1.165) is 12.8 Å². The first-order chi connectivity index (χ1) is 14.7. The van der Waals surface area contributed by atoms with Gasteiger partial charge < -0.3 is 29.3 Å². The molecule has 2 aliphatic heterocycles. The van der Waals surface area contributed by atoms with Crippen LogP contribution < -0.4 is 10.2 Å². The summed E-state index contributed by atoms with van der Waals surface area (Å²) in [6.07, 6.45) is 3.04. The SMILES string of the molecule is CCOC(=O)C1C(OC(=O)c2ccccc2)CC2CCC1N2C.O=C([O-])/C=C/C(=O)[O-]. The molecule has 31 heavy (non-hydrogen) atoms. The van der Waals surface area contributed by atoms with Crippen molar-refractivity contribution in [3.8, 4) is 0 Å². The Kier molecular flexibility index (Phi) is 8.75. The van der Waals surface area contributed by atoms with E-state index in [9.17, 15) is 29.4 Å². The van der Waals surface area contributed by atoms with E-state index in [1.165, 1.54) is 0 Å². The molecule has 0 aromatic heterocycles. The Hall–Kier alpha value is -3.20. The van der Waals surface area contributed by atoms with E-state index < -0.39 is 24.0 Å². The molecule has 2 aliphatic rings. The van der Waals surface area contributed by atoms with Crippen LogP contribution in [0.4, 0.5) is 0 Å². The quantitative estimate of drug-likeness (QED) is 0.423. The highest BCUT2D eigenvalue weighted by atomic mass is 16.6. The number of carbonyl (C=O) groups is 4. The lowest BCUT2D eigenvalue weighted by molar-refractivity contribution is -0.301. The first-order valence-corrected chi connectivity index (χ1v) is 9.99. The smallest absolute Gasteiger partial charge is 0.338 e. The molecule has 0 aliphatic carbocycles. The summed E-state index contributed by atoms with van der Waals surface area (Å²) in [6.45, 7) is 2.14. The number of piperidine rings is 1. The van der Waals surface area contributed by atoms with Gasteiger partial charge in [-0.1, -0.05) is 18.2 Å². The summed E-state index contributed by atoms with van der Waals surface area (Å²) < 4.78 is 11.0. The average Bonchev–Trinajstić information content (AvgIpc) is 2.96. The summed E-state index contributed by atoms with van der Waals surface area (Å²) in [5.41, 5.74) is 0.515. The molecule has 1 aromatic rings. The number of carbonyl (C=O) groups excluding carboxylic acids is 4. The van der Waals surface area contributed by atoms with Gasteiger partial charge in [0.1, 0.15) is 12.0 Å². The second-order valence-electron chi connectivity index (χ2n) is 7.26. The number of esters is 2. The highest BCUT2D eigenvalue weighted by Crippen LogP contribution is 2.40. The fourth-order valence-corrected chi connectivity index (χ4v) is 4.01. The molecule has 0 N–H and O–H groups in total. The lowest BCUT2D eigenvalue weighted by atomic mass is 9.87. The molecule has 0 spiro atoms. The Labute approximate surface area is 180 Å². The van der Waals surface area contributed by atoms with Gasteiger partial charge in [-0.15, -0.1) is 0 Å². The summed E-state index contributed by atoms with van der Waals surface area (Å²) in [5.74, 6) is -4.11. The lowest BCUT2D eigenvalue weighted by Crippen LogP contribution is -2.53. The summed E-state index contributed by atoms with van der Waals surface area (Å²) in [6, 6.07) is 9.39. The van der Waals surface area contributed by atoms with Gasteiger partial charge >= 0.3 is 11.9 Å². The third-order valence-corrected chi connectivity index (χ3v) is 5.40. The number of fused-ring (bicyclic) bond motifs is 2. The second kappa shape index (κ2) is 11.3. The molecule has 9 heteroatoms. The van der Waals surface area contributed by atoms with Crippen molar-refractivity contribution in [1.29, 1.82) is 0 Å². The normalized spacial score (nSPS) is 24.7. The number of carboxylic acid groups (broad SMARTS) is 2. The van der Waals surface area contributed by atoms with Gasteiger partial charge in [-0.25, -0.2) is 4.79 Å². The number of carboxylic acids is 2. The van der Waals surface area contributed by atoms with Crippen LogP contribution in [0.25, 0.3) is 0 Å². The number of ether oxygens (including phenoxy) is 2. The van der Waals surface area contributed by atoms with Gasteiger partial charge in [0.2, 0.25) is 0 Å². The molecule has 0 amide bonds. The van der Waals surface area contributed by atoms with E-state index in [1.807, 2.05) is 13.1 Å². The average molecular weight is 431 g/mol. The van der Waals surface area contributed by atoms with Gasteiger partial charge in [0, 0.05) is 18.5 Å². The van der Waals surface area contributed by atoms with Crippen LogP contribution in [0.1, 0.15) is 36.5 Å². The van der Waals surface area contributed by atoms with Crippen LogP contribution in [0.5, 0.6) is 0 Å². The van der Waals surface area contributed by atoms with Gasteiger partial charge in [0.25, 0.3) is 0 Å². The zero-order valence-corrected chi connectivity index (χ0v) is 17.4. The van der Waals surface area contributed by atoms with Crippen LogP contribution in [0, 0.1) is 5.92 Å². The Morgan fingerprint density at radius 1 is 1.06 bits per heavy atom. The second-order valence-corrected chi connectivity index (χ2v) is 7.26.